The van der Waals surface area contributed by atoms with Gasteiger partial charge in [-0.15, -0.1) is 0 Å². The van der Waals surface area contributed by atoms with Gasteiger partial charge in [-0.25, -0.2) is 0 Å². The van der Waals surface area contributed by atoms with Gasteiger partial charge in [0.1, 0.15) is 0 Å². The summed E-state index contributed by atoms with van der Waals surface area (Å²) in [4.78, 5) is 0. The molecule has 0 unspecified atom stereocenters. The minimum atomic E-state index is 0.528. The summed E-state index contributed by atoms with van der Waals surface area (Å²) in [5, 5.41) is 1.38. The van der Waals surface area contributed by atoms with Gasteiger partial charge in [-0.1, -0.05) is 18.6 Å². The predicted molar refractivity (Wildman–Crippen MR) is 71.1 cm³/mol. The van der Waals surface area contributed by atoms with E-state index in [1.165, 1.54) is 35.7 Å². The number of hydrogen-bond acceptors (Lipinski definition) is 0. The fourth-order valence-corrected chi connectivity index (χ4v) is 2.68. The van der Waals surface area contributed by atoms with Crippen LogP contribution in [0.2, 0.25) is 0 Å². The molecule has 0 N–H and O–H groups in total. The van der Waals surface area contributed by atoms with E-state index >= 15 is 0 Å². The van der Waals surface area contributed by atoms with Crippen molar-refractivity contribution in [3.05, 3.63) is 42.1 Å². The number of hydrogen-bond donors (Lipinski definition) is 0. The lowest BCUT2D eigenvalue weighted by Gasteiger charge is -2.25. The Morgan fingerprint density at radius 1 is 1.18 bits per heavy atom. The lowest BCUT2D eigenvalue weighted by Crippen LogP contribution is -2.37. The van der Waals surface area contributed by atoms with Crippen molar-refractivity contribution in [2.45, 2.75) is 45.1 Å². The number of pyridine rings is 1. The average molecular weight is 226 g/mol. The molecule has 1 aliphatic carbocycles. The summed E-state index contributed by atoms with van der Waals surface area (Å²) in [7, 11) is 0. The summed E-state index contributed by atoms with van der Waals surface area (Å²) in [6.45, 7) is 4.52. The van der Waals surface area contributed by atoms with Crippen LogP contribution in [0.25, 0.3) is 10.9 Å². The van der Waals surface area contributed by atoms with Crippen molar-refractivity contribution in [2.75, 3.05) is 0 Å². The lowest BCUT2D eigenvalue weighted by molar-refractivity contribution is -0.691. The molecule has 1 aromatic heterocycles. The number of rotatable bonds is 2. The molecule has 1 heteroatoms. The van der Waals surface area contributed by atoms with Gasteiger partial charge in [-0.05, 0) is 44.7 Å². The Kier molecular flexibility index (Phi) is 2.62. The molecular weight excluding hydrogens is 206 g/mol. The first kappa shape index (κ1) is 10.8. The van der Waals surface area contributed by atoms with Crippen molar-refractivity contribution in [2.24, 2.45) is 0 Å². The topological polar surface area (TPSA) is 3.88 Å². The van der Waals surface area contributed by atoms with Crippen LogP contribution >= 0.6 is 0 Å². The van der Waals surface area contributed by atoms with Gasteiger partial charge in [-0.2, -0.15) is 4.57 Å². The summed E-state index contributed by atoms with van der Waals surface area (Å²) in [6, 6.07) is 11.6. The van der Waals surface area contributed by atoms with E-state index in [2.05, 4.69) is 54.9 Å². The van der Waals surface area contributed by atoms with Crippen molar-refractivity contribution in [3.8, 4) is 0 Å². The number of fused-ring (bicyclic) bond motifs is 1. The van der Waals surface area contributed by atoms with E-state index < -0.39 is 0 Å². The highest BCUT2D eigenvalue weighted by Gasteiger charge is 2.24. The standard InChI is InChI=1S/C16H20N/c1-12(2)17-11-15(13-7-5-8-13)10-14-6-3-4-9-16(14)17/h3-4,6,9-13H,5,7-8H2,1-2H3/q+1. The van der Waals surface area contributed by atoms with Gasteiger partial charge in [0.15, 0.2) is 12.2 Å². The Bertz CT molecular complexity index is 538. The maximum absolute atomic E-state index is 2.42. The maximum atomic E-state index is 2.42. The summed E-state index contributed by atoms with van der Waals surface area (Å²) in [5.41, 5.74) is 2.88. The molecule has 17 heavy (non-hydrogen) atoms. The normalized spacial score (nSPS) is 16.4. The second-order valence-electron chi connectivity index (χ2n) is 5.46. The molecule has 0 amide bonds. The third kappa shape index (κ3) is 1.84. The highest BCUT2D eigenvalue weighted by molar-refractivity contribution is 5.76. The fourth-order valence-electron chi connectivity index (χ4n) is 2.68. The molecule has 0 saturated heterocycles. The van der Waals surface area contributed by atoms with Gasteiger partial charge in [0.25, 0.3) is 0 Å². The van der Waals surface area contributed by atoms with Crippen LogP contribution in [-0.2, 0) is 0 Å². The van der Waals surface area contributed by atoms with Crippen LogP contribution in [0.5, 0.6) is 0 Å². The van der Waals surface area contributed by atoms with E-state index in [4.69, 9.17) is 0 Å². The minimum absolute atomic E-state index is 0.528. The number of nitrogens with zero attached hydrogens (tertiary/aromatic N) is 1. The van der Waals surface area contributed by atoms with Gasteiger partial charge in [0.2, 0.25) is 5.52 Å². The number of para-hydroxylation sites is 1. The molecule has 0 spiro atoms. The third-order valence-corrected chi connectivity index (χ3v) is 3.96. The van der Waals surface area contributed by atoms with Crippen molar-refractivity contribution in [1.82, 2.24) is 0 Å². The van der Waals surface area contributed by atoms with Gasteiger partial charge < -0.3 is 0 Å². The molecule has 1 nitrogen and oxygen atoms in total. The first-order valence-electron chi connectivity index (χ1n) is 6.69. The van der Waals surface area contributed by atoms with Gasteiger partial charge in [0, 0.05) is 17.0 Å². The molecular formula is C16H20N+. The van der Waals surface area contributed by atoms with E-state index in [1.54, 1.807) is 0 Å². The smallest absolute Gasteiger partial charge is 0.196 e. The summed E-state index contributed by atoms with van der Waals surface area (Å²) in [6.07, 6.45) is 6.52. The van der Waals surface area contributed by atoms with Crippen molar-refractivity contribution >= 4 is 10.9 Å². The van der Waals surface area contributed by atoms with Crippen LogP contribution in [0, 0.1) is 0 Å². The summed E-state index contributed by atoms with van der Waals surface area (Å²) >= 11 is 0. The van der Waals surface area contributed by atoms with Crippen LogP contribution < -0.4 is 4.57 Å². The lowest BCUT2D eigenvalue weighted by atomic mass is 9.80. The highest BCUT2D eigenvalue weighted by atomic mass is 15.0. The number of aromatic nitrogens is 1. The largest absolute Gasteiger partial charge is 0.212 e. The second kappa shape index (κ2) is 4.14. The van der Waals surface area contributed by atoms with Crippen LogP contribution in [-0.4, -0.2) is 0 Å². The average Bonchev–Trinajstić information content (AvgIpc) is 2.25. The molecule has 0 aliphatic heterocycles. The van der Waals surface area contributed by atoms with Gasteiger partial charge >= 0.3 is 0 Å². The van der Waals surface area contributed by atoms with Crippen molar-refractivity contribution in [3.63, 3.8) is 0 Å². The Hall–Kier alpha value is -1.37. The third-order valence-electron chi connectivity index (χ3n) is 3.96. The molecule has 0 atom stereocenters. The van der Waals surface area contributed by atoms with E-state index in [1.807, 2.05) is 0 Å². The Morgan fingerprint density at radius 2 is 1.94 bits per heavy atom. The molecule has 1 heterocycles. The quantitative estimate of drug-likeness (QED) is 0.682. The van der Waals surface area contributed by atoms with Gasteiger partial charge in [0.05, 0.1) is 0 Å². The Balaban J connectivity index is 2.19. The molecule has 1 aliphatic rings. The maximum Gasteiger partial charge on any atom is 0.212 e. The van der Waals surface area contributed by atoms with E-state index in [0.717, 1.165) is 5.92 Å². The first-order valence-corrected chi connectivity index (χ1v) is 6.69. The highest BCUT2D eigenvalue weighted by Crippen LogP contribution is 2.36. The zero-order valence-corrected chi connectivity index (χ0v) is 10.7. The van der Waals surface area contributed by atoms with Crippen molar-refractivity contribution in [1.29, 1.82) is 0 Å². The molecule has 2 aromatic rings. The first-order chi connectivity index (χ1) is 8.25. The Morgan fingerprint density at radius 3 is 2.59 bits per heavy atom. The molecule has 1 saturated carbocycles. The fraction of sp³-hybridized carbons (Fsp3) is 0.438. The van der Waals surface area contributed by atoms with E-state index in [-0.39, 0.29) is 0 Å². The molecule has 0 radical (unpaired) electrons. The van der Waals surface area contributed by atoms with Gasteiger partial charge in [-0.3, -0.25) is 0 Å². The molecule has 0 bridgehead atoms. The second-order valence-corrected chi connectivity index (χ2v) is 5.46. The molecule has 1 aromatic carbocycles. The number of benzene rings is 1. The van der Waals surface area contributed by atoms with Crippen molar-refractivity contribution < 1.29 is 4.57 Å². The predicted octanol–water partition coefficient (Wildman–Crippen LogP) is 3.98. The molecule has 1 fully saturated rings. The van der Waals surface area contributed by atoms with Crippen LogP contribution in [0.15, 0.2) is 36.5 Å². The SMILES string of the molecule is CC(C)[n+]1cc(C2CCC2)cc2ccccc21. The van der Waals surface area contributed by atoms with Crippen LogP contribution in [0.1, 0.15) is 50.6 Å². The van der Waals surface area contributed by atoms with Crippen LogP contribution in [0.3, 0.4) is 0 Å². The van der Waals surface area contributed by atoms with Crippen LogP contribution in [0.4, 0.5) is 0 Å². The monoisotopic (exact) mass is 226 g/mol. The zero-order chi connectivity index (χ0) is 11.8. The Labute approximate surface area is 103 Å². The summed E-state index contributed by atoms with van der Waals surface area (Å²) < 4.78 is 2.42. The summed E-state index contributed by atoms with van der Waals surface area (Å²) in [5.74, 6) is 0.810. The molecule has 3 rings (SSSR count). The van der Waals surface area contributed by atoms with E-state index in [9.17, 15) is 0 Å². The molecule has 88 valence electrons. The minimum Gasteiger partial charge on any atom is -0.196 e. The van der Waals surface area contributed by atoms with E-state index in [0.29, 0.717) is 6.04 Å². The zero-order valence-electron chi connectivity index (χ0n) is 10.7.